The van der Waals surface area contributed by atoms with Crippen molar-refractivity contribution in [2.45, 2.75) is 0 Å². The molecule has 0 spiro atoms. The Hall–Kier alpha value is 1.85. The van der Waals surface area contributed by atoms with E-state index >= 15 is 0 Å². The van der Waals surface area contributed by atoms with E-state index in [1.54, 1.807) is 0 Å². The van der Waals surface area contributed by atoms with Crippen LogP contribution < -0.4 is 19.2 Å². The molecule has 0 aliphatic carbocycles. The van der Waals surface area contributed by atoms with E-state index in [1.807, 2.05) is 0 Å². The van der Waals surface area contributed by atoms with Crippen molar-refractivity contribution < 1.29 is 19.2 Å². The quantitative estimate of drug-likeness (QED) is 0.329. The number of rotatable bonds is 0. The van der Waals surface area contributed by atoms with E-state index in [2.05, 4.69) is 0 Å². The van der Waals surface area contributed by atoms with Gasteiger partial charge in [-0.3, -0.25) is 0 Å². The summed E-state index contributed by atoms with van der Waals surface area (Å²) < 4.78 is 0. The maximum atomic E-state index is 8.58. The molecule has 0 aliphatic heterocycles. The van der Waals surface area contributed by atoms with Crippen molar-refractivity contribution in [3.05, 3.63) is 0 Å². The molecule has 32 valence electrons. The largest absolute Gasteiger partial charge is 3.00 e. The van der Waals surface area contributed by atoms with E-state index in [9.17, 15) is 0 Å². The van der Waals surface area contributed by atoms with E-state index in [1.165, 1.54) is 0 Å². The number of hydrogen-bond acceptors (Lipinski definition) is 4. The Morgan fingerprint density at radius 3 is 0.857 bits per heavy atom. The standard InChI is InChI=1S/Al.Ca.O4Si/c;;1-5(2,3)4/q+3;+2;-4. The van der Waals surface area contributed by atoms with Crippen LogP contribution in [-0.4, -0.2) is 64.1 Å². The zero-order valence-electron chi connectivity index (χ0n) is 3.42. The third-order valence-electron chi connectivity index (χ3n) is 0. The van der Waals surface area contributed by atoms with E-state index in [4.69, 9.17) is 19.2 Å². The van der Waals surface area contributed by atoms with Crippen molar-refractivity contribution in [2.24, 2.45) is 0 Å². The van der Waals surface area contributed by atoms with E-state index in [0.717, 1.165) is 0 Å². The maximum absolute atomic E-state index is 8.58. The second-order valence-corrected chi connectivity index (χ2v) is 1.50. The van der Waals surface area contributed by atoms with E-state index < -0.39 is 9.05 Å². The molecule has 0 unspecified atom stereocenters. The van der Waals surface area contributed by atoms with Crippen LogP contribution in [0.3, 0.4) is 0 Å². The second-order valence-electron chi connectivity index (χ2n) is 0.500. The van der Waals surface area contributed by atoms with Crippen LogP contribution in [0.2, 0.25) is 0 Å². The van der Waals surface area contributed by atoms with Crippen molar-refractivity contribution in [2.75, 3.05) is 0 Å². The molecule has 0 radical (unpaired) electrons. The van der Waals surface area contributed by atoms with Gasteiger partial charge in [-0.15, -0.1) is 0 Å². The molecule has 0 heterocycles. The summed E-state index contributed by atoms with van der Waals surface area (Å²) in [4.78, 5) is 34.3. The third-order valence-corrected chi connectivity index (χ3v) is 0. The van der Waals surface area contributed by atoms with Crippen LogP contribution in [0, 0.1) is 0 Å². The first kappa shape index (κ1) is 15.9. The summed E-state index contributed by atoms with van der Waals surface area (Å²) >= 11 is 0. The molecule has 0 aromatic rings. The molecule has 4 nitrogen and oxygen atoms in total. The Morgan fingerprint density at radius 1 is 0.857 bits per heavy atom. The number of hydrogen-bond donors (Lipinski definition) is 0. The predicted molar refractivity (Wildman–Crippen MR) is 17.3 cm³/mol. The van der Waals surface area contributed by atoms with Crippen molar-refractivity contribution >= 4 is 64.1 Å². The first-order valence-electron chi connectivity index (χ1n) is 0.816. The molecule has 0 N–H and O–H groups in total. The third kappa shape index (κ3) is 78.5. The Kier molecular flexibility index (Phi) is 13.6. The van der Waals surface area contributed by atoms with Crippen LogP contribution in [0.4, 0.5) is 0 Å². The van der Waals surface area contributed by atoms with Crippen molar-refractivity contribution in [1.29, 1.82) is 0 Å². The molecule has 0 aliphatic rings. The first-order valence-corrected chi connectivity index (χ1v) is 2.45. The normalized spacial score (nSPS) is 8.57. The molecule has 0 aromatic carbocycles. The van der Waals surface area contributed by atoms with Crippen LogP contribution in [0.25, 0.3) is 0 Å². The molecule has 0 saturated carbocycles. The Balaban J connectivity index is -0.0000000800. The minimum absolute atomic E-state index is 0. The molecule has 7 heavy (non-hydrogen) atoms. The summed E-state index contributed by atoms with van der Waals surface area (Å²) in [7, 11) is -5.61. The monoisotopic (exact) mass is 159 g/mol. The molecule has 0 aromatic heterocycles. The van der Waals surface area contributed by atoms with Crippen LogP contribution >= 0.6 is 0 Å². The van der Waals surface area contributed by atoms with Gasteiger partial charge in [-0.2, -0.15) is 0 Å². The van der Waals surface area contributed by atoms with Crippen LogP contribution in [0.5, 0.6) is 0 Å². The molecule has 7 heteroatoms. The summed E-state index contributed by atoms with van der Waals surface area (Å²) in [5, 5.41) is 0. The van der Waals surface area contributed by atoms with Gasteiger partial charge in [0, 0.05) is 0 Å². The molecule has 0 saturated heterocycles. The van der Waals surface area contributed by atoms with Gasteiger partial charge in [0.2, 0.25) is 0 Å². The Bertz CT molecular complexity index is 27.2. The van der Waals surface area contributed by atoms with Crippen LogP contribution in [-0.2, 0) is 0 Å². The van der Waals surface area contributed by atoms with Gasteiger partial charge < -0.3 is 28.2 Å². The van der Waals surface area contributed by atoms with E-state index in [0.29, 0.717) is 0 Å². The van der Waals surface area contributed by atoms with Crippen LogP contribution in [0.15, 0.2) is 0 Å². The molecular formula is AlCaO4Si+. The Labute approximate surface area is 82.4 Å². The SMILES string of the molecule is [Al+3].[Ca+2].[O-][Si]([O-])([O-])[O-]. The maximum Gasteiger partial charge on any atom is 3.00 e. The van der Waals surface area contributed by atoms with Crippen LogP contribution in [0.1, 0.15) is 0 Å². The van der Waals surface area contributed by atoms with Gasteiger partial charge >= 0.3 is 55.1 Å². The zero-order valence-corrected chi connectivity index (χ0v) is 7.78. The van der Waals surface area contributed by atoms with Gasteiger partial charge in [0.05, 0.1) is 0 Å². The average molecular weight is 159 g/mol. The predicted octanol–water partition coefficient (Wildman–Crippen LogP) is -5.90. The fraction of sp³-hybridized carbons (Fsp3) is 0. The molecule has 0 rings (SSSR count). The van der Waals surface area contributed by atoms with E-state index in [-0.39, 0.29) is 55.1 Å². The van der Waals surface area contributed by atoms with Gasteiger partial charge in [-0.25, -0.2) is 0 Å². The summed E-state index contributed by atoms with van der Waals surface area (Å²) in [6.45, 7) is 0. The Morgan fingerprint density at radius 2 is 0.857 bits per heavy atom. The second kappa shape index (κ2) is 5.98. The average Bonchev–Trinajstić information content (AvgIpc) is 0.722. The summed E-state index contributed by atoms with van der Waals surface area (Å²) in [6, 6.07) is 0. The van der Waals surface area contributed by atoms with Gasteiger partial charge in [-0.1, -0.05) is 0 Å². The molecule has 0 fully saturated rings. The molecular weight excluding hydrogens is 159 g/mol. The van der Waals surface area contributed by atoms with Crippen molar-refractivity contribution in [1.82, 2.24) is 0 Å². The molecule has 0 atom stereocenters. The van der Waals surface area contributed by atoms with Gasteiger partial charge in [0.1, 0.15) is 0 Å². The molecule has 0 bridgehead atoms. The smallest absolute Gasteiger partial charge is 0.894 e. The summed E-state index contributed by atoms with van der Waals surface area (Å²) in [5.41, 5.74) is 0. The van der Waals surface area contributed by atoms with Gasteiger partial charge in [0.25, 0.3) is 0 Å². The van der Waals surface area contributed by atoms with Crippen molar-refractivity contribution in [3.8, 4) is 0 Å². The first-order chi connectivity index (χ1) is 2.00. The van der Waals surface area contributed by atoms with Gasteiger partial charge in [-0.05, 0) is 0 Å². The minimum atomic E-state index is -5.61. The van der Waals surface area contributed by atoms with Gasteiger partial charge in [0.15, 0.2) is 0 Å². The fourth-order valence-electron chi connectivity index (χ4n) is 0. The fourth-order valence-corrected chi connectivity index (χ4v) is 0. The molecule has 0 amide bonds. The topological polar surface area (TPSA) is 92.2 Å². The zero-order chi connectivity index (χ0) is 4.50. The minimum Gasteiger partial charge on any atom is -0.894 e. The summed E-state index contributed by atoms with van der Waals surface area (Å²) in [5.74, 6) is 0. The van der Waals surface area contributed by atoms with Crippen molar-refractivity contribution in [3.63, 3.8) is 0 Å². The summed E-state index contributed by atoms with van der Waals surface area (Å²) in [6.07, 6.45) is 0.